The average Bonchev–Trinajstić information content (AvgIpc) is 2.77. The molecule has 18 heavy (non-hydrogen) atoms. The number of nitrogens with one attached hydrogen (secondary N) is 1. The summed E-state index contributed by atoms with van der Waals surface area (Å²) in [7, 11) is 0. The Balaban J connectivity index is 2.20. The third-order valence-electron chi connectivity index (χ3n) is 2.84. The first-order valence-electron chi connectivity index (χ1n) is 5.56. The van der Waals surface area contributed by atoms with Crippen molar-refractivity contribution in [1.82, 2.24) is 5.43 Å². The number of hydrogen-bond acceptors (Lipinski definition) is 3. The number of halogens is 2. The van der Waals surface area contributed by atoms with Gasteiger partial charge < -0.3 is 0 Å². The minimum atomic E-state index is -0.396. The number of hydrazine groups is 1. The third kappa shape index (κ3) is 2.90. The molecule has 0 fully saturated rings. The van der Waals surface area contributed by atoms with Crippen LogP contribution in [-0.4, -0.2) is 0 Å². The van der Waals surface area contributed by atoms with Crippen molar-refractivity contribution in [3.63, 3.8) is 0 Å². The summed E-state index contributed by atoms with van der Waals surface area (Å²) in [4.78, 5) is 1.17. The number of nitrogens with two attached hydrogens (primary N) is 1. The molecule has 0 spiro atoms. The van der Waals surface area contributed by atoms with Gasteiger partial charge in [0.25, 0.3) is 0 Å². The number of thiophene rings is 1. The van der Waals surface area contributed by atoms with E-state index in [1.54, 1.807) is 17.4 Å². The summed E-state index contributed by atoms with van der Waals surface area (Å²) in [5.41, 5.74) is 4.84. The molecule has 2 aromatic rings. The second kappa shape index (κ2) is 5.80. The van der Waals surface area contributed by atoms with Gasteiger partial charge in [-0.2, -0.15) is 0 Å². The summed E-state index contributed by atoms with van der Waals surface area (Å²) >= 11 is 7.31. The Morgan fingerprint density at radius 1 is 1.44 bits per heavy atom. The van der Waals surface area contributed by atoms with Gasteiger partial charge in [-0.1, -0.05) is 17.7 Å². The summed E-state index contributed by atoms with van der Waals surface area (Å²) in [5, 5.41) is 2.17. The highest BCUT2D eigenvalue weighted by atomic mass is 35.5. The molecule has 1 aromatic heterocycles. The predicted octanol–water partition coefficient (Wildman–Crippen LogP) is 3.60. The van der Waals surface area contributed by atoms with E-state index in [2.05, 4.69) is 5.43 Å². The first kappa shape index (κ1) is 13.5. The van der Waals surface area contributed by atoms with Gasteiger partial charge in [0, 0.05) is 4.88 Å². The van der Waals surface area contributed by atoms with E-state index in [9.17, 15) is 4.39 Å². The molecule has 1 aromatic carbocycles. The van der Waals surface area contributed by atoms with Crippen molar-refractivity contribution in [2.75, 3.05) is 0 Å². The van der Waals surface area contributed by atoms with Crippen LogP contribution in [0, 0.1) is 12.7 Å². The molecule has 0 amide bonds. The summed E-state index contributed by atoms with van der Waals surface area (Å²) in [6, 6.07) is 6.88. The van der Waals surface area contributed by atoms with Crippen LogP contribution in [0.3, 0.4) is 0 Å². The molecule has 2 nitrogen and oxygen atoms in total. The molecule has 0 aliphatic heterocycles. The molecule has 1 atom stereocenters. The monoisotopic (exact) mass is 284 g/mol. The normalized spacial score (nSPS) is 12.7. The van der Waals surface area contributed by atoms with Crippen LogP contribution >= 0.6 is 22.9 Å². The number of benzene rings is 1. The molecule has 5 heteroatoms. The Morgan fingerprint density at radius 3 is 2.78 bits per heavy atom. The van der Waals surface area contributed by atoms with E-state index in [1.807, 2.05) is 24.4 Å². The summed E-state index contributed by atoms with van der Waals surface area (Å²) in [6.45, 7) is 2.04. The molecule has 0 radical (unpaired) electrons. The van der Waals surface area contributed by atoms with Crippen molar-refractivity contribution in [3.05, 3.63) is 56.5 Å². The lowest BCUT2D eigenvalue weighted by Gasteiger charge is -2.15. The fraction of sp³-hybridized carbons (Fsp3) is 0.231. The van der Waals surface area contributed by atoms with E-state index in [0.29, 0.717) is 6.42 Å². The predicted molar refractivity (Wildman–Crippen MR) is 74.2 cm³/mol. The number of rotatable bonds is 4. The molecule has 1 unspecified atom stereocenters. The lowest BCUT2D eigenvalue weighted by Crippen LogP contribution is -2.29. The standard InChI is InChI=1S/C13H14ClFN2S/c1-8-4-5-18-13(8)12(17-16)7-9-2-3-10(14)11(15)6-9/h2-6,12,17H,7,16H2,1H3. The Morgan fingerprint density at radius 2 is 2.22 bits per heavy atom. The van der Waals surface area contributed by atoms with Crippen LogP contribution in [0.4, 0.5) is 4.39 Å². The van der Waals surface area contributed by atoms with Crippen LogP contribution < -0.4 is 11.3 Å². The fourth-order valence-corrected chi connectivity index (χ4v) is 2.98. The van der Waals surface area contributed by atoms with E-state index in [0.717, 1.165) is 5.56 Å². The average molecular weight is 285 g/mol. The molecule has 0 saturated heterocycles. The Hall–Kier alpha value is -0.940. The second-order valence-corrected chi connectivity index (χ2v) is 5.49. The van der Waals surface area contributed by atoms with Gasteiger partial charge in [-0.05, 0) is 48.1 Å². The lowest BCUT2D eigenvalue weighted by molar-refractivity contribution is 0.555. The maximum absolute atomic E-state index is 13.4. The zero-order valence-corrected chi connectivity index (χ0v) is 11.5. The summed E-state index contributed by atoms with van der Waals surface area (Å²) in [6.07, 6.45) is 0.631. The quantitative estimate of drug-likeness (QED) is 0.665. The van der Waals surface area contributed by atoms with E-state index in [1.165, 1.54) is 16.5 Å². The zero-order valence-electron chi connectivity index (χ0n) is 9.91. The SMILES string of the molecule is Cc1ccsc1C(Cc1ccc(Cl)c(F)c1)NN. The van der Waals surface area contributed by atoms with Crippen LogP contribution in [0.2, 0.25) is 5.02 Å². The number of hydrogen-bond donors (Lipinski definition) is 2. The van der Waals surface area contributed by atoms with Crippen LogP contribution in [0.25, 0.3) is 0 Å². The molecule has 0 aliphatic rings. The highest BCUT2D eigenvalue weighted by Gasteiger charge is 2.15. The first-order valence-corrected chi connectivity index (χ1v) is 6.81. The van der Waals surface area contributed by atoms with E-state index in [-0.39, 0.29) is 11.1 Å². The Bertz CT molecular complexity index is 542. The van der Waals surface area contributed by atoms with Gasteiger partial charge in [0.15, 0.2) is 0 Å². The third-order valence-corrected chi connectivity index (χ3v) is 4.28. The van der Waals surface area contributed by atoms with Crippen molar-refractivity contribution in [3.8, 4) is 0 Å². The van der Waals surface area contributed by atoms with Gasteiger partial charge >= 0.3 is 0 Å². The van der Waals surface area contributed by atoms with Crippen molar-refractivity contribution in [2.45, 2.75) is 19.4 Å². The minimum absolute atomic E-state index is 0.00873. The van der Waals surface area contributed by atoms with Crippen LogP contribution in [-0.2, 0) is 6.42 Å². The van der Waals surface area contributed by atoms with Gasteiger partial charge in [0.05, 0.1) is 11.1 Å². The first-order chi connectivity index (χ1) is 8.61. The van der Waals surface area contributed by atoms with Gasteiger partial charge in [0.2, 0.25) is 0 Å². The largest absolute Gasteiger partial charge is 0.271 e. The zero-order chi connectivity index (χ0) is 13.1. The van der Waals surface area contributed by atoms with Gasteiger partial charge in [0.1, 0.15) is 5.82 Å². The highest BCUT2D eigenvalue weighted by molar-refractivity contribution is 7.10. The van der Waals surface area contributed by atoms with Gasteiger partial charge in [-0.15, -0.1) is 11.3 Å². The maximum atomic E-state index is 13.4. The number of aryl methyl sites for hydroxylation is 1. The fourth-order valence-electron chi connectivity index (χ4n) is 1.87. The van der Waals surface area contributed by atoms with Gasteiger partial charge in [-0.3, -0.25) is 11.3 Å². The van der Waals surface area contributed by atoms with Crippen molar-refractivity contribution >= 4 is 22.9 Å². The van der Waals surface area contributed by atoms with E-state index < -0.39 is 5.82 Å². The Labute approximate surface area is 115 Å². The maximum Gasteiger partial charge on any atom is 0.142 e. The van der Waals surface area contributed by atoms with E-state index in [4.69, 9.17) is 17.4 Å². The molecular formula is C13H14ClFN2S. The lowest BCUT2D eigenvalue weighted by atomic mass is 10.0. The van der Waals surface area contributed by atoms with Crippen molar-refractivity contribution in [2.24, 2.45) is 5.84 Å². The highest BCUT2D eigenvalue weighted by Crippen LogP contribution is 2.27. The molecule has 96 valence electrons. The summed E-state index contributed by atoms with van der Waals surface area (Å²) in [5.74, 6) is 5.19. The van der Waals surface area contributed by atoms with Crippen molar-refractivity contribution in [1.29, 1.82) is 0 Å². The van der Waals surface area contributed by atoms with Crippen LogP contribution in [0.5, 0.6) is 0 Å². The molecular weight excluding hydrogens is 271 g/mol. The molecule has 0 saturated carbocycles. The van der Waals surface area contributed by atoms with Crippen LogP contribution in [0.15, 0.2) is 29.6 Å². The Kier molecular flexibility index (Phi) is 4.35. The molecule has 0 bridgehead atoms. The smallest absolute Gasteiger partial charge is 0.142 e. The molecule has 1 heterocycles. The van der Waals surface area contributed by atoms with Gasteiger partial charge in [-0.25, -0.2) is 4.39 Å². The molecule has 0 aliphatic carbocycles. The summed E-state index contributed by atoms with van der Waals surface area (Å²) < 4.78 is 13.4. The van der Waals surface area contributed by atoms with Crippen LogP contribution in [0.1, 0.15) is 22.0 Å². The minimum Gasteiger partial charge on any atom is -0.271 e. The molecule has 2 rings (SSSR count). The van der Waals surface area contributed by atoms with Crippen molar-refractivity contribution < 1.29 is 4.39 Å². The molecule has 3 N–H and O–H groups in total. The second-order valence-electron chi connectivity index (χ2n) is 4.14. The topological polar surface area (TPSA) is 38.0 Å². The van der Waals surface area contributed by atoms with E-state index >= 15 is 0 Å².